The summed E-state index contributed by atoms with van der Waals surface area (Å²) in [6, 6.07) is 4.39. The average molecular weight is 282 g/mol. The highest BCUT2D eigenvalue weighted by Gasteiger charge is 2.04. The molecule has 0 aliphatic heterocycles. The van der Waals surface area contributed by atoms with Gasteiger partial charge in [0, 0.05) is 17.8 Å². The highest BCUT2D eigenvalue weighted by molar-refractivity contribution is 6.31. The second kappa shape index (κ2) is 6.68. The molecule has 0 saturated carbocycles. The Morgan fingerprint density at radius 3 is 3.05 bits per heavy atom. The Bertz CT molecular complexity index is 539. The number of hydrogen-bond donors (Lipinski definition) is 1. The Morgan fingerprint density at radius 1 is 1.42 bits per heavy atom. The van der Waals surface area contributed by atoms with Crippen molar-refractivity contribution in [3.05, 3.63) is 52.8 Å². The SMILES string of the molecule is CCCNCc1cn(Cc2cc(F)ccc2Cl)cn1. The number of benzene rings is 1. The van der Waals surface area contributed by atoms with Gasteiger partial charge >= 0.3 is 0 Å². The van der Waals surface area contributed by atoms with E-state index in [1.807, 2.05) is 10.8 Å². The van der Waals surface area contributed by atoms with Crippen LogP contribution in [0.4, 0.5) is 4.39 Å². The zero-order valence-corrected chi connectivity index (χ0v) is 11.6. The fourth-order valence-electron chi connectivity index (χ4n) is 1.84. The molecule has 102 valence electrons. The third kappa shape index (κ3) is 4.04. The van der Waals surface area contributed by atoms with Gasteiger partial charge in [-0.15, -0.1) is 0 Å². The molecular weight excluding hydrogens is 265 g/mol. The molecule has 0 unspecified atom stereocenters. The minimum Gasteiger partial charge on any atom is -0.333 e. The predicted molar refractivity (Wildman–Crippen MR) is 74.7 cm³/mol. The summed E-state index contributed by atoms with van der Waals surface area (Å²) in [5, 5.41) is 3.86. The standard InChI is InChI=1S/C14H17ClFN3/c1-2-5-17-7-13-9-19(10-18-13)8-11-6-12(16)3-4-14(11)15/h3-4,6,9-10,17H,2,5,7-8H2,1H3. The van der Waals surface area contributed by atoms with Crippen LogP contribution in [0.2, 0.25) is 5.02 Å². The number of hydrogen-bond acceptors (Lipinski definition) is 2. The summed E-state index contributed by atoms with van der Waals surface area (Å²) in [6.45, 7) is 4.37. The normalized spacial score (nSPS) is 10.9. The van der Waals surface area contributed by atoms with Crippen molar-refractivity contribution < 1.29 is 4.39 Å². The van der Waals surface area contributed by atoms with Crippen molar-refractivity contribution in [2.24, 2.45) is 0 Å². The molecule has 0 radical (unpaired) electrons. The number of aromatic nitrogens is 2. The van der Waals surface area contributed by atoms with E-state index in [-0.39, 0.29) is 5.82 Å². The van der Waals surface area contributed by atoms with Crippen LogP contribution in [0.5, 0.6) is 0 Å². The van der Waals surface area contributed by atoms with E-state index in [0.717, 1.165) is 30.8 Å². The molecule has 2 rings (SSSR count). The topological polar surface area (TPSA) is 29.9 Å². The van der Waals surface area contributed by atoms with Crippen LogP contribution < -0.4 is 5.32 Å². The quantitative estimate of drug-likeness (QED) is 0.824. The Kier molecular flexibility index (Phi) is 4.93. The lowest BCUT2D eigenvalue weighted by Gasteiger charge is -2.05. The molecule has 5 heteroatoms. The van der Waals surface area contributed by atoms with Crippen LogP contribution in [0.1, 0.15) is 24.6 Å². The van der Waals surface area contributed by atoms with E-state index in [2.05, 4.69) is 17.2 Å². The Hall–Kier alpha value is -1.39. The molecule has 2 aromatic rings. The van der Waals surface area contributed by atoms with Gasteiger partial charge in [-0.2, -0.15) is 0 Å². The van der Waals surface area contributed by atoms with Crippen molar-refractivity contribution in [2.75, 3.05) is 6.54 Å². The lowest BCUT2D eigenvalue weighted by atomic mass is 10.2. The first-order valence-corrected chi connectivity index (χ1v) is 6.72. The largest absolute Gasteiger partial charge is 0.333 e. The molecule has 0 aliphatic carbocycles. The molecule has 1 N–H and O–H groups in total. The van der Waals surface area contributed by atoms with Gasteiger partial charge in [0.2, 0.25) is 0 Å². The van der Waals surface area contributed by atoms with Crippen molar-refractivity contribution in [1.29, 1.82) is 0 Å². The monoisotopic (exact) mass is 281 g/mol. The molecule has 1 aromatic heterocycles. The van der Waals surface area contributed by atoms with E-state index in [9.17, 15) is 4.39 Å². The van der Waals surface area contributed by atoms with Gasteiger partial charge in [-0.3, -0.25) is 0 Å². The summed E-state index contributed by atoms with van der Waals surface area (Å²) in [5.74, 6) is -0.274. The maximum Gasteiger partial charge on any atom is 0.123 e. The van der Waals surface area contributed by atoms with E-state index in [0.29, 0.717) is 11.6 Å². The second-order valence-electron chi connectivity index (χ2n) is 4.45. The molecular formula is C14H17ClFN3. The summed E-state index contributed by atoms with van der Waals surface area (Å²) in [4.78, 5) is 4.30. The van der Waals surface area contributed by atoms with E-state index in [4.69, 9.17) is 11.6 Å². The Balaban J connectivity index is 2.01. The molecule has 1 aromatic carbocycles. The minimum atomic E-state index is -0.274. The van der Waals surface area contributed by atoms with Crippen molar-refractivity contribution in [3.63, 3.8) is 0 Å². The predicted octanol–water partition coefficient (Wildman–Crippen LogP) is 3.22. The molecule has 0 fully saturated rings. The molecule has 0 bridgehead atoms. The fraction of sp³-hybridized carbons (Fsp3) is 0.357. The van der Waals surface area contributed by atoms with E-state index >= 15 is 0 Å². The third-order valence-corrected chi connectivity index (χ3v) is 3.15. The van der Waals surface area contributed by atoms with Gasteiger partial charge in [0.15, 0.2) is 0 Å². The zero-order chi connectivity index (χ0) is 13.7. The third-order valence-electron chi connectivity index (χ3n) is 2.78. The van der Waals surface area contributed by atoms with Gasteiger partial charge in [-0.05, 0) is 36.7 Å². The number of nitrogens with one attached hydrogen (secondary N) is 1. The minimum absolute atomic E-state index is 0.274. The van der Waals surface area contributed by atoms with Crippen LogP contribution in [0.25, 0.3) is 0 Å². The summed E-state index contributed by atoms with van der Waals surface area (Å²) in [7, 11) is 0. The van der Waals surface area contributed by atoms with Crippen LogP contribution in [0.15, 0.2) is 30.7 Å². The highest BCUT2D eigenvalue weighted by Crippen LogP contribution is 2.18. The smallest absolute Gasteiger partial charge is 0.123 e. The summed E-state index contributed by atoms with van der Waals surface area (Å²) >= 11 is 6.04. The van der Waals surface area contributed by atoms with Gasteiger partial charge in [0.1, 0.15) is 5.82 Å². The molecule has 0 aliphatic rings. The number of rotatable bonds is 6. The lowest BCUT2D eigenvalue weighted by Crippen LogP contribution is -2.13. The first-order chi connectivity index (χ1) is 9.19. The zero-order valence-electron chi connectivity index (χ0n) is 10.9. The number of halogens is 2. The summed E-state index contributed by atoms with van der Waals surface area (Å²) in [5.41, 5.74) is 1.73. The van der Waals surface area contributed by atoms with E-state index in [1.165, 1.54) is 12.1 Å². The summed E-state index contributed by atoms with van der Waals surface area (Å²) in [6.07, 6.45) is 4.79. The Labute approximate surface area is 117 Å². The molecule has 0 amide bonds. The van der Waals surface area contributed by atoms with Crippen molar-refractivity contribution in [3.8, 4) is 0 Å². The van der Waals surface area contributed by atoms with Gasteiger partial charge < -0.3 is 9.88 Å². The van der Waals surface area contributed by atoms with Gasteiger partial charge in [0.25, 0.3) is 0 Å². The number of imidazole rings is 1. The van der Waals surface area contributed by atoms with E-state index < -0.39 is 0 Å². The first-order valence-electron chi connectivity index (χ1n) is 6.34. The van der Waals surface area contributed by atoms with Crippen molar-refractivity contribution >= 4 is 11.6 Å². The van der Waals surface area contributed by atoms with Crippen LogP contribution in [0.3, 0.4) is 0 Å². The van der Waals surface area contributed by atoms with Crippen molar-refractivity contribution in [1.82, 2.24) is 14.9 Å². The van der Waals surface area contributed by atoms with Crippen LogP contribution >= 0.6 is 11.6 Å². The van der Waals surface area contributed by atoms with Crippen LogP contribution in [0, 0.1) is 5.82 Å². The molecule has 3 nitrogen and oxygen atoms in total. The molecule has 19 heavy (non-hydrogen) atoms. The van der Waals surface area contributed by atoms with E-state index in [1.54, 1.807) is 12.4 Å². The van der Waals surface area contributed by atoms with Gasteiger partial charge in [-0.1, -0.05) is 18.5 Å². The second-order valence-corrected chi connectivity index (χ2v) is 4.86. The first kappa shape index (κ1) is 14.0. The average Bonchev–Trinajstić information content (AvgIpc) is 2.82. The van der Waals surface area contributed by atoms with Crippen molar-refractivity contribution in [2.45, 2.75) is 26.4 Å². The van der Waals surface area contributed by atoms with Gasteiger partial charge in [0.05, 0.1) is 18.6 Å². The molecule has 1 heterocycles. The lowest BCUT2D eigenvalue weighted by molar-refractivity contribution is 0.623. The molecule has 0 atom stereocenters. The summed E-state index contributed by atoms with van der Waals surface area (Å²) < 4.78 is 15.1. The van der Waals surface area contributed by atoms with Gasteiger partial charge in [-0.25, -0.2) is 9.37 Å². The number of nitrogens with zero attached hydrogens (tertiary/aromatic N) is 2. The maximum atomic E-state index is 13.2. The fourth-order valence-corrected chi connectivity index (χ4v) is 2.02. The molecule has 0 saturated heterocycles. The van der Waals surface area contributed by atoms with Crippen LogP contribution in [-0.4, -0.2) is 16.1 Å². The van der Waals surface area contributed by atoms with Crippen LogP contribution in [-0.2, 0) is 13.1 Å². The highest BCUT2D eigenvalue weighted by atomic mass is 35.5. The Morgan fingerprint density at radius 2 is 2.26 bits per heavy atom. The maximum absolute atomic E-state index is 13.2. The molecule has 0 spiro atoms.